The van der Waals surface area contributed by atoms with Crippen molar-refractivity contribution in [1.82, 2.24) is 0 Å². The van der Waals surface area contributed by atoms with E-state index < -0.39 is 6.36 Å². The Balaban J connectivity index is 2.00. The van der Waals surface area contributed by atoms with Crippen LogP contribution < -0.4 is 4.74 Å². The molecule has 0 spiro atoms. The van der Waals surface area contributed by atoms with Gasteiger partial charge in [-0.25, -0.2) is 0 Å². The van der Waals surface area contributed by atoms with Crippen LogP contribution in [0.2, 0.25) is 0 Å². The van der Waals surface area contributed by atoms with Crippen molar-refractivity contribution in [3.05, 3.63) is 71.3 Å². The summed E-state index contributed by atoms with van der Waals surface area (Å²) in [6.45, 7) is 4.30. The molecule has 0 radical (unpaired) electrons. The summed E-state index contributed by atoms with van der Waals surface area (Å²) in [4.78, 5) is 12.1. The predicted octanol–water partition coefficient (Wildman–Crippen LogP) is 5.68. The van der Waals surface area contributed by atoms with Crippen LogP contribution in [0.4, 0.5) is 13.2 Å². The molecule has 25 heavy (non-hydrogen) atoms. The van der Waals surface area contributed by atoms with Crippen molar-refractivity contribution in [3.8, 4) is 5.75 Å². The van der Waals surface area contributed by atoms with Gasteiger partial charge in [0.2, 0.25) is 0 Å². The standard InChI is InChI=1S/C20H19F3O2/c1-14(2)13-16-5-3-15(4-6-16)7-12-19(24)17-8-10-18(11-9-17)25-20(21,22)23/h3-12,14H,13H2,1-2H3. The minimum atomic E-state index is -4.74. The van der Waals surface area contributed by atoms with Crippen molar-refractivity contribution in [3.63, 3.8) is 0 Å². The van der Waals surface area contributed by atoms with Crippen molar-refractivity contribution in [2.24, 2.45) is 5.92 Å². The number of hydrogen-bond donors (Lipinski definition) is 0. The van der Waals surface area contributed by atoms with Gasteiger partial charge in [0.25, 0.3) is 0 Å². The smallest absolute Gasteiger partial charge is 0.406 e. The highest BCUT2D eigenvalue weighted by molar-refractivity contribution is 6.06. The fraction of sp³-hybridized carbons (Fsp3) is 0.250. The Morgan fingerprint density at radius 3 is 2.16 bits per heavy atom. The average molecular weight is 348 g/mol. The van der Waals surface area contributed by atoms with Crippen LogP contribution in [0, 0.1) is 5.92 Å². The van der Waals surface area contributed by atoms with Crippen LogP contribution in [0.1, 0.15) is 35.3 Å². The zero-order chi connectivity index (χ0) is 18.4. The summed E-state index contributed by atoms with van der Waals surface area (Å²) in [5.41, 5.74) is 2.42. The second-order valence-corrected chi connectivity index (χ2v) is 6.11. The van der Waals surface area contributed by atoms with E-state index in [4.69, 9.17) is 0 Å². The average Bonchev–Trinajstić information content (AvgIpc) is 2.52. The van der Waals surface area contributed by atoms with E-state index in [1.165, 1.54) is 23.8 Å². The molecule has 0 aliphatic heterocycles. The van der Waals surface area contributed by atoms with Crippen LogP contribution in [-0.2, 0) is 6.42 Å². The minimum Gasteiger partial charge on any atom is -0.406 e. The highest BCUT2D eigenvalue weighted by Gasteiger charge is 2.30. The van der Waals surface area contributed by atoms with Gasteiger partial charge in [0, 0.05) is 5.56 Å². The molecule has 5 heteroatoms. The molecule has 2 aromatic rings. The van der Waals surface area contributed by atoms with E-state index in [0.29, 0.717) is 11.5 Å². The molecule has 0 heterocycles. The van der Waals surface area contributed by atoms with Crippen molar-refractivity contribution in [2.75, 3.05) is 0 Å². The molecule has 132 valence electrons. The maximum absolute atomic E-state index is 12.1. The molecule has 0 fully saturated rings. The van der Waals surface area contributed by atoms with Crippen LogP contribution in [-0.4, -0.2) is 12.1 Å². The van der Waals surface area contributed by atoms with Crippen molar-refractivity contribution in [2.45, 2.75) is 26.6 Å². The van der Waals surface area contributed by atoms with Crippen molar-refractivity contribution >= 4 is 11.9 Å². The molecule has 0 aromatic heterocycles. The third-order valence-corrected chi connectivity index (χ3v) is 3.42. The lowest BCUT2D eigenvalue weighted by molar-refractivity contribution is -0.274. The van der Waals surface area contributed by atoms with Crippen LogP contribution in [0.5, 0.6) is 5.75 Å². The monoisotopic (exact) mass is 348 g/mol. The van der Waals surface area contributed by atoms with Gasteiger partial charge in [-0.2, -0.15) is 0 Å². The number of allylic oxidation sites excluding steroid dienone is 1. The number of alkyl halides is 3. The van der Waals surface area contributed by atoms with Gasteiger partial charge >= 0.3 is 6.36 Å². The summed E-state index contributed by atoms with van der Waals surface area (Å²) in [5.74, 6) is -0.0640. The van der Waals surface area contributed by atoms with Gasteiger partial charge in [0.05, 0.1) is 0 Å². The molecule has 0 saturated heterocycles. The third-order valence-electron chi connectivity index (χ3n) is 3.42. The molecular formula is C20H19F3O2. The van der Waals surface area contributed by atoms with E-state index in [0.717, 1.165) is 24.1 Å². The molecule has 0 N–H and O–H groups in total. The predicted molar refractivity (Wildman–Crippen MR) is 91.5 cm³/mol. The van der Waals surface area contributed by atoms with Gasteiger partial charge in [-0.3, -0.25) is 4.79 Å². The normalized spacial score (nSPS) is 11.9. The number of rotatable bonds is 6. The van der Waals surface area contributed by atoms with Gasteiger partial charge in [0.15, 0.2) is 5.78 Å². The Morgan fingerprint density at radius 1 is 1.04 bits per heavy atom. The Hall–Kier alpha value is -2.56. The summed E-state index contributed by atoms with van der Waals surface area (Å²) in [6, 6.07) is 12.8. The molecule has 2 nitrogen and oxygen atoms in total. The first-order valence-corrected chi connectivity index (χ1v) is 7.90. The Labute approximate surface area is 144 Å². The maximum Gasteiger partial charge on any atom is 0.573 e. The fourth-order valence-electron chi connectivity index (χ4n) is 2.33. The van der Waals surface area contributed by atoms with Gasteiger partial charge < -0.3 is 4.74 Å². The highest BCUT2D eigenvalue weighted by atomic mass is 19.4. The lowest BCUT2D eigenvalue weighted by Crippen LogP contribution is -2.17. The van der Waals surface area contributed by atoms with Gasteiger partial charge in [-0.15, -0.1) is 13.2 Å². The Bertz CT molecular complexity index is 727. The van der Waals surface area contributed by atoms with E-state index in [-0.39, 0.29) is 11.5 Å². The first-order valence-electron chi connectivity index (χ1n) is 7.90. The summed E-state index contributed by atoms with van der Waals surface area (Å²) in [6.07, 6.45) is -0.666. The zero-order valence-electron chi connectivity index (χ0n) is 14.0. The van der Waals surface area contributed by atoms with Crippen LogP contribution in [0.3, 0.4) is 0 Å². The van der Waals surface area contributed by atoms with Crippen molar-refractivity contribution in [1.29, 1.82) is 0 Å². The molecule has 2 aromatic carbocycles. The second-order valence-electron chi connectivity index (χ2n) is 6.11. The number of ether oxygens (including phenoxy) is 1. The van der Waals surface area contributed by atoms with E-state index in [1.54, 1.807) is 6.08 Å². The van der Waals surface area contributed by atoms with E-state index in [9.17, 15) is 18.0 Å². The number of halogens is 3. The minimum absolute atomic E-state index is 0.287. The molecular weight excluding hydrogens is 329 g/mol. The number of benzene rings is 2. The molecule has 2 rings (SSSR count). The van der Waals surface area contributed by atoms with Crippen LogP contribution >= 0.6 is 0 Å². The Kier molecular flexibility index (Phi) is 6.02. The highest BCUT2D eigenvalue weighted by Crippen LogP contribution is 2.23. The van der Waals surface area contributed by atoms with Crippen LogP contribution in [0.25, 0.3) is 6.08 Å². The summed E-state index contributed by atoms with van der Waals surface area (Å²) in [7, 11) is 0. The maximum atomic E-state index is 12.1. The summed E-state index contributed by atoms with van der Waals surface area (Å²) >= 11 is 0. The number of ketones is 1. The zero-order valence-corrected chi connectivity index (χ0v) is 14.0. The third kappa shape index (κ3) is 6.45. The molecule has 0 amide bonds. The first-order chi connectivity index (χ1) is 11.7. The lowest BCUT2D eigenvalue weighted by atomic mass is 10.0. The lowest BCUT2D eigenvalue weighted by Gasteiger charge is -2.08. The Morgan fingerprint density at radius 2 is 1.64 bits per heavy atom. The first kappa shape index (κ1) is 18.8. The summed E-state index contributed by atoms with van der Waals surface area (Å²) < 4.78 is 40.1. The molecule has 0 saturated carbocycles. The van der Waals surface area contributed by atoms with E-state index in [2.05, 4.69) is 18.6 Å². The quantitative estimate of drug-likeness (QED) is 0.496. The SMILES string of the molecule is CC(C)Cc1ccc(C=CC(=O)c2ccc(OC(F)(F)F)cc2)cc1. The molecule has 0 aliphatic carbocycles. The largest absolute Gasteiger partial charge is 0.573 e. The number of hydrogen-bond acceptors (Lipinski definition) is 2. The van der Waals surface area contributed by atoms with Crippen molar-refractivity contribution < 1.29 is 22.7 Å². The van der Waals surface area contributed by atoms with E-state index >= 15 is 0 Å². The number of carbonyl (C=O) groups is 1. The van der Waals surface area contributed by atoms with Gasteiger partial charge in [0.1, 0.15) is 5.75 Å². The van der Waals surface area contributed by atoms with Gasteiger partial charge in [-0.05, 0) is 53.8 Å². The summed E-state index contributed by atoms with van der Waals surface area (Å²) in [5, 5.41) is 0. The van der Waals surface area contributed by atoms with Crippen LogP contribution in [0.15, 0.2) is 54.6 Å². The molecule has 0 aliphatic rings. The topological polar surface area (TPSA) is 26.3 Å². The van der Waals surface area contributed by atoms with E-state index in [1.807, 2.05) is 24.3 Å². The number of carbonyl (C=O) groups excluding carboxylic acids is 1. The molecule has 0 atom stereocenters. The second kappa shape index (κ2) is 8.01. The van der Waals surface area contributed by atoms with Gasteiger partial charge in [-0.1, -0.05) is 44.2 Å². The fourth-order valence-corrected chi connectivity index (χ4v) is 2.33. The molecule has 0 unspecified atom stereocenters. The molecule has 0 bridgehead atoms.